The molecule has 4 aromatic rings. The molecule has 5 nitrogen and oxygen atoms in total. The summed E-state index contributed by atoms with van der Waals surface area (Å²) in [5.74, 6) is 1.99. The molecule has 0 aliphatic heterocycles. The van der Waals surface area contributed by atoms with Crippen LogP contribution in [-0.2, 0) is 0 Å². The standard InChI is InChI=1S/C22H18ClN3O2S/c1-27-20-12-18-19(13-21(20)28-2)24-14-25-22(18)26(16-8-4-3-5-9-16)29-17-10-6-7-15(23)11-17/h3-14H,1-2H3. The summed E-state index contributed by atoms with van der Waals surface area (Å²) in [4.78, 5) is 10.0. The number of benzene rings is 3. The van der Waals surface area contributed by atoms with Crippen molar-refractivity contribution in [3.8, 4) is 11.5 Å². The van der Waals surface area contributed by atoms with Crippen LogP contribution in [-0.4, -0.2) is 24.2 Å². The second-order valence-electron chi connectivity index (χ2n) is 6.10. The van der Waals surface area contributed by atoms with Crippen molar-refractivity contribution in [2.45, 2.75) is 4.90 Å². The summed E-state index contributed by atoms with van der Waals surface area (Å²) in [6.07, 6.45) is 1.55. The monoisotopic (exact) mass is 423 g/mol. The maximum absolute atomic E-state index is 6.20. The molecule has 0 saturated heterocycles. The van der Waals surface area contributed by atoms with Crippen molar-refractivity contribution in [2.75, 3.05) is 18.5 Å². The average Bonchev–Trinajstić information content (AvgIpc) is 2.77. The number of aromatic nitrogens is 2. The lowest BCUT2D eigenvalue weighted by atomic mass is 10.2. The number of nitrogens with zero attached hydrogens (tertiary/aromatic N) is 3. The Morgan fingerprint density at radius 2 is 1.62 bits per heavy atom. The summed E-state index contributed by atoms with van der Waals surface area (Å²) in [7, 11) is 3.22. The summed E-state index contributed by atoms with van der Waals surface area (Å²) in [6, 6.07) is 21.5. The van der Waals surface area contributed by atoms with Crippen LogP contribution < -0.4 is 13.8 Å². The molecule has 0 aliphatic carbocycles. The van der Waals surface area contributed by atoms with E-state index in [9.17, 15) is 0 Å². The zero-order valence-electron chi connectivity index (χ0n) is 15.9. The van der Waals surface area contributed by atoms with Crippen molar-refractivity contribution in [3.05, 3.63) is 78.1 Å². The Balaban J connectivity index is 1.89. The number of methoxy groups -OCH3 is 2. The van der Waals surface area contributed by atoms with Crippen LogP contribution >= 0.6 is 23.5 Å². The zero-order chi connectivity index (χ0) is 20.2. The van der Waals surface area contributed by atoms with Crippen LogP contribution in [0.4, 0.5) is 11.5 Å². The van der Waals surface area contributed by atoms with E-state index in [1.165, 1.54) is 11.9 Å². The van der Waals surface area contributed by atoms with E-state index in [2.05, 4.69) is 14.3 Å². The molecule has 0 amide bonds. The molecule has 0 N–H and O–H groups in total. The minimum absolute atomic E-state index is 0.622. The second kappa shape index (κ2) is 8.59. The molecule has 7 heteroatoms. The van der Waals surface area contributed by atoms with Crippen molar-refractivity contribution < 1.29 is 9.47 Å². The molecule has 0 unspecified atom stereocenters. The molecular weight excluding hydrogens is 406 g/mol. The van der Waals surface area contributed by atoms with Gasteiger partial charge in [-0.15, -0.1) is 0 Å². The quantitative estimate of drug-likeness (QED) is 0.347. The first kappa shape index (κ1) is 19.4. The summed E-state index contributed by atoms with van der Waals surface area (Å²) < 4.78 is 13.0. The second-order valence-corrected chi connectivity index (χ2v) is 7.56. The van der Waals surface area contributed by atoms with Crippen LogP contribution in [0.3, 0.4) is 0 Å². The predicted molar refractivity (Wildman–Crippen MR) is 119 cm³/mol. The lowest BCUT2D eigenvalue weighted by Crippen LogP contribution is -2.09. The van der Waals surface area contributed by atoms with Gasteiger partial charge in [0.05, 0.1) is 25.4 Å². The van der Waals surface area contributed by atoms with Gasteiger partial charge in [-0.2, -0.15) is 0 Å². The van der Waals surface area contributed by atoms with Gasteiger partial charge in [-0.05, 0) is 48.3 Å². The Kier molecular flexibility index (Phi) is 5.74. The maximum atomic E-state index is 6.20. The molecule has 0 saturated carbocycles. The highest BCUT2D eigenvalue weighted by Gasteiger charge is 2.19. The third-order valence-electron chi connectivity index (χ3n) is 4.30. The molecule has 0 atom stereocenters. The van der Waals surface area contributed by atoms with Crippen LogP contribution in [0, 0.1) is 0 Å². The van der Waals surface area contributed by atoms with Crippen LogP contribution in [0.5, 0.6) is 11.5 Å². The molecule has 0 fully saturated rings. The molecule has 0 spiro atoms. The number of ether oxygens (including phenoxy) is 2. The van der Waals surface area contributed by atoms with Gasteiger partial charge in [-0.1, -0.05) is 35.9 Å². The van der Waals surface area contributed by atoms with Crippen LogP contribution in [0.2, 0.25) is 5.02 Å². The number of fused-ring (bicyclic) bond motifs is 1. The fraction of sp³-hybridized carbons (Fsp3) is 0.0909. The minimum atomic E-state index is 0.622. The van der Waals surface area contributed by atoms with Gasteiger partial charge in [0.15, 0.2) is 17.3 Å². The number of halogens is 1. The van der Waals surface area contributed by atoms with Gasteiger partial charge in [0, 0.05) is 21.4 Å². The highest BCUT2D eigenvalue weighted by Crippen LogP contribution is 2.41. The van der Waals surface area contributed by atoms with E-state index in [0.717, 1.165) is 27.3 Å². The predicted octanol–water partition coefficient (Wildman–Crippen LogP) is 6.15. The first-order valence-electron chi connectivity index (χ1n) is 8.85. The first-order valence-corrected chi connectivity index (χ1v) is 10.00. The van der Waals surface area contributed by atoms with E-state index >= 15 is 0 Å². The molecule has 3 aromatic carbocycles. The van der Waals surface area contributed by atoms with E-state index in [0.29, 0.717) is 16.5 Å². The number of rotatable bonds is 6. The topological polar surface area (TPSA) is 47.5 Å². The minimum Gasteiger partial charge on any atom is -0.493 e. The fourth-order valence-corrected chi connectivity index (χ4v) is 4.19. The zero-order valence-corrected chi connectivity index (χ0v) is 17.4. The Morgan fingerprint density at radius 1 is 0.862 bits per heavy atom. The molecule has 4 rings (SSSR count). The third-order valence-corrected chi connectivity index (χ3v) is 5.56. The van der Waals surface area contributed by atoms with E-state index in [-0.39, 0.29) is 0 Å². The fourth-order valence-electron chi connectivity index (χ4n) is 2.94. The molecule has 29 heavy (non-hydrogen) atoms. The highest BCUT2D eigenvalue weighted by molar-refractivity contribution is 8.01. The van der Waals surface area contributed by atoms with Crippen molar-refractivity contribution in [3.63, 3.8) is 0 Å². The average molecular weight is 424 g/mol. The third kappa shape index (κ3) is 4.09. The number of hydrogen-bond acceptors (Lipinski definition) is 6. The first-order chi connectivity index (χ1) is 14.2. The van der Waals surface area contributed by atoms with Gasteiger partial charge in [0.2, 0.25) is 0 Å². The van der Waals surface area contributed by atoms with E-state index in [1.807, 2.05) is 66.7 Å². The Bertz CT molecular complexity index is 1140. The van der Waals surface area contributed by atoms with E-state index < -0.39 is 0 Å². The van der Waals surface area contributed by atoms with Crippen molar-refractivity contribution in [1.29, 1.82) is 0 Å². The summed E-state index contributed by atoms with van der Waals surface area (Å²) >= 11 is 7.73. The Labute approximate surface area is 178 Å². The highest BCUT2D eigenvalue weighted by atomic mass is 35.5. The van der Waals surface area contributed by atoms with Gasteiger partial charge < -0.3 is 9.47 Å². The van der Waals surface area contributed by atoms with Gasteiger partial charge in [-0.25, -0.2) is 9.97 Å². The van der Waals surface area contributed by atoms with Gasteiger partial charge in [-0.3, -0.25) is 4.31 Å². The molecule has 1 aromatic heterocycles. The molecule has 0 aliphatic rings. The summed E-state index contributed by atoms with van der Waals surface area (Å²) in [6.45, 7) is 0. The molecule has 0 radical (unpaired) electrons. The van der Waals surface area contributed by atoms with Gasteiger partial charge in [0.1, 0.15) is 6.33 Å². The molecular formula is C22H18ClN3O2S. The van der Waals surface area contributed by atoms with Crippen LogP contribution in [0.25, 0.3) is 10.9 Å². The lowest BCUT2D eigenvalue weighted by Gasteiger charge is -2.24. The normalized spacial score (nSPS) is 10.7. The van der Waals surface area contributed by atoms with E-state index in [1.54, 1.807) is 20.5 Å². The van der Waals surface area contributed by atoms with Crippen molar-refractivity contribution in [1.82, 2.24) is 9.97 Å². The molecule has 146 valence electrons. The van der Waals surface area contributed by atoms with Gasteiger partial charge >= 0.3 is 0 Å². The van der Waals surface area contributed by atoms with Crippen LogP contribution in [0.15, 0.2) is 78.0 Å². The number of anilines is 2. The van der Waals surface area contributed by atoms with Gasteiger partial charge in [0.25, 0.3) is 0 Å². The Hall–Kier alpha value is -2.96. The van der Waals surface area contributed by atoms with Crippen molar-refractivity contribution in [2.24, 2.45) is 0 Å². The van der Waals surface area contributed by atoms with Crippen molar-refractivity contribution >= 4 is 46.0 Å². The smallest absolute Gasteiger partial charge is 0.162 e. The Morgan fingerprint density at radius 3 is 2.34 bits per heavy atom. The molecule has 0 bridgehead atoms. The number of para-hydroxylation sites is 1. The summed E-state index contributed by atoms with van der Waals surface area (Å²) in [5, 5.41) is 1.53. The largest absolute Gasteiger partial charge is 0.493 e. The van der Waals surface area contributed by atoms with Crippen LogP contribution in [0.1, 0.15) is 0 Å². The summed E-state index contributed by atoms with van der Waals surface area (Å²) in [5.41, 5.74) is 1.74. The number of hydrogen-bond donors (Lipinski definition) is 0. The lowest BCUT2D eigenvalue weighted by molar-refractivity contribution is 0.356. The SMILES string of the molecule is COc1cc2ncnc(N(Sc3cccc(Cl)c3)c3ccccc3)c2cc1OC. The van der Waals surface area contributed by atoms with E-state index in [4.69, 9.17) is 21.1 Å². The maximum Gasteiger partial charge on any atom is 0.162 e. The molecule has 1 heterocycles.